The van der Waals surface area contributed by atoms with Crippen molar-refractivity contribution in [3.63, 3.8) is 0 Å². The van der Waals surface area contributed by atoms with E-state index in [0.29, 0.717) is 0 Å². The Labute approximate surface area is 332 Å². The monoisotopic (exact) mass is 1280 g/mol. The molecule has 144 valence electrons. The van der Waals surface area contributed by atoms with Crippen LogP contribution < -0.4 is 28.2 Å². The van der Waals surface area contributed by atoms with Gasteiger partial charge in [-0.25, -0.2) is 0 Å². The molecule has 0 aliphatic rings. The summed E-state index contributed by atoms with van der Waals surface area (Å²) in [4.78, 5) is 0. The Morgan fingerprint density at radius 1 is 0.571 bits per heavy atom. The normalized spacial score (nSPS) is 5.43. The predicted octanol–water partition coefficient (Wildman–Crippen LogP) is -11.9. The van der Waals surface area contributed by atoms with E-state index < -0.39 is 116 Å². The van der Waals surface area contributed by atoms with Crippen molar-refractivity contribution in [3.8, 4) is 0 Å². The summed E-state index contributed by atoms with van der Waals surface area (Å²) < 4.78 is 155. The van der Waals surface area contributed by atoms with E-state index in [4.69, 9.17) is 60.3 Å². The molecule has 0 unspecified atom stereocenters. The Morgan fingerprint density at radius 2 is 0.571 bits per heavy atom. The van der Waals surface area contributed by atoms with E-state index in [1.165, 1.54) is 0 Å². The van der Waals surface area contributed by atoms with Crippen LogP contribution >= 0.6 is 0 Å². The average molecular weight is 1280 g/mol. The maximum absolute atomic E-state index is 8.61. The van der Waals surface area contributed by atoms with Gasteiger partial charge in [-0.3, -0.25) is 0 Å². The molecule has 0 fully saturated rings. The summed E-state index contributed by atoms with van der Waals surface area (Å²) in [5.74, 6) is 0. The molecule has 0 N–H and O–H groups in total. The Hall–Kier alpha value is 7.58. The van der Waals surface area contributed by atoms with Crippen LogP contribution in [0.4, 0.5) is 0 Å². The van der Waals surface area contributed by atoms with Gasteiger partial charge in [0.25, 0.3) is 0 Å². The van der Waals surface area contributed by atoms with Crippen LogP contribution in [-0.2, 0) is 168 Å². The van der Waals surface area contributed by atoms with Crippen molar-refractivity contribution in [1.29, 1.82) is 0 Å². The predicted molar refractivity (Wildman–Crippen MR) is 24.1 cm³/mol. The minimum atomic E-state index is -4.29. The summed E-state index contributed by atoms with van der Waals surface area (Å²) in [7, 11) is 0. The van der Waals surface area contributed by atoms with Crippen LogP contribution in [0.15, 0.2) is 0 Å². The molecule has 0 rings (SSSR count). The van der Waals surface area contributed by atoms with Crippen LogP contribution in [0.3, 0.4) is 0 Å². The molecule has 0 saturated heterocycles. The van der Waals surface area contributed by atoms with E-state index in [-0.39, 0.29) is 166 Å². The van der Waals surface area contributed by atoms with Crippen LogP contribution in [0.1, 0.15) is 0 Å². The second kappa shape index (κ2) is 59.6. The van der Waals surface area contributed by atoms with Gasteiger partial charge in [-0.05, 0) is 0 Å². The van der Waals surface area contributed by atoms with Gasteiger partial charge in [0, 0.05) is 0 Å². The van der Waals surface area contributed by atoms with Gasteiger partial charge >= 0.3 is 343 Å². The van der Waals surface area contributed by atoms with Gasteiger partial charge in [0.1, 0.15) is 0 Å². The third kappa shape index (κ3) is 621. The van der Waals surface area contributed by atoms with E-state index in [1.54, 1.807) is 0 Å². The smallest absolute Gasteiger partial charge is 2.00 e. The Kier molecular flexibility index (Phi) is 138. The number of hydrogen-bond donors (Lipinski definition) is 0. The molecule has 0 aromatic rings. The van der Waals surface area contributed by atoms with Crippen molar-refractivity contribution in [1.82, 2.24) is 0 Å². The van der Waals surface area contributed by atoms with E-state index >= 15 is 0 Å². The maximum Gasteiger partial charge on any atom is 2.00 e. The van der Waals surface area contributed by atoms with Gasteiger partial charge in [0.05, 0.1) is 0 Å². The molecule has 28 heteroatoms. The molecule has 0 saturated carbocycles. The second-order valence-corrected chi connectivity index (χ2v) is 7.80. The minimum absolute atomic E-state index is 0. The maximum atomic E-state index is 8.61. The van der Waals surface area contributed by atoms with Crippen LogP contribution in [0.25, 0.3) is 0 Å². The van der Waals surface area contributed by atoms with Crippen LogP contribution in [-0.4, -0.2) is 147 Å². The SMILES string of the molecule is [Ba+2].[Ba+2].[Ba+2].[O]=[Nb](=[O])[O-].[O]=[Nb](=[O])[O-].[O]=[Nb](=[O])[O-].[O]=[Nb](=[O])[O-].[O]=[Ti]([O-])[O-].[O]=[Zr]([O-])[O-].[Zn+2]. The molecular weight excluding hydrogens is 1280 g/mol. The van der Waals surface area contributed by atoms with Gasteiger partial charge in [-0.1, -0.05) is 0 Å². The summed E-state index contributed by atoms with van der Waals surface area (Å²) in [6.07, 6.45) is 0. The summed E-state index contributed by atoms with van der Waals surface area (Å²) in [6, 6.07) is 0. The third-order valence-electron chi connectivity index (χ3n) is 0. The van der Waals surface area contributed by atoms with Crippen molar-refractivity contribution in [2.75, 3.05) is 0 Å². The van der Waals surface area contributed by atoms with Crippen molar-refractivity contribution in [2.24, 2.45) is 0 Å². The first-order valence-corrected chi connectivity index (χ1v) is 19.1. The van der Waals surface area contributed by atoms with Crippen LogP contribution in [0, 0.1) is 0 Å². The quantitative estimate of drug-likeness (QED) is 0.203. The standard InChI is InChI=1S/3Ba.4Nb.18O.Ti.Zn.Zr/q3*+2;;;;;;;;;;;;;;;8*-1;;+2;. The van der Waals surface area contributed by atoms with Crippen molar-refractivity contribution >= 4 is 147 Å². The largest absolute Gasteiger partial charge is 2.00 e. The summed E-state index contributed by atoms with van der Waals surface area (Å²) in [5.41, 5.74) is 0. The Morgan fingerprint density at radius 3 is 0.571 bits per heavy atom. The molecule has 0 aliphatic carbocycles. The minimum Gasteiger partial charge on any atom is 2.00 e. The summed E-state index contributed by atoms with van der Waals surface area (Å²) in [6.45, 7) is 0. The first-order valence-electron chi connectivity index (χ1n) is 3.42. The van der Waals surface area contributed by atoms with Crippen molar-refractivity contribution in [3.05, 3.63) is 0 Å². The Bertz CT molecular complexity index is 460. The molecular formula is Ba3Nb4O18TiZnZr. The molecule has 28 heavy (non-hydrogen) atoms. The van der Waals surface area contributed by atoms with E-state index in [1.807, 2.05) is 0 Å². The fraction of sp³-hybridized carbons (Fsp3) is 0. The van der Waals surface area contributed by atoms with Crippen LogP contribution in [0.2, 0.25) is 0 Å². The molecule has 0 bridgehead atoms. The van der Waals surface area contributed by atoms with Crippen molar-refractivity contribution in [2.45, 2.75) is 0 Å². The molecule has 0 radical (unpaired) electrons. The molecule has 18 nitrogen and oxygen atoms in total. The molecule has 0 aliphatic heterocycles. The zero-order valence-corrected chi connectivity index (χ0v) is 42.1. The fourth-order valence-corrected chi connectivity index (χ4v) is 0. The first kappa shape index (κ1) is 65.0. The number of hydrogen-bond acceptors (Lipinski definition) is 18. The Balaban J connectivity index is -0.0000000169. The van der Waals surface area contributed by atoms with Gasteiger partial charge in [-0.15, -0.1) is 0 Å². The van der Waals surface area contributed by atoms with Crippen molar-refractivity contribution < 1.29 is 196 Å². The molecule has 0 amide bonds. The van der Waals surface area contributed by atoms with E-state index in [2.05, 4.69) is 0 Å². The third-order valence-corrected chi connectivity index (χ3v) is 0. The van der Waals surface area contributed by atoms with E-state index in [0.717, 1.165) is 0 Å². The fourth-order valence-electron chi connectivity index (χ4n) is 0. The van der Waals surface area contributed by atoms with Crippen LogP contribution in [0.5, 0.6) is 0 Å². The molecule has 0 atom stereocenters. The summed E-state index contributed by atoms with van der Waals surface area (Å²) in [5, 5.41) is 0. The first-order chi connectivity index (χ1) is 10.4. The summed E-state index contributed by atoms with van der Waals surface area (Å²) >= 11 is -25.2. The zero-order chi connectivity index (χ0) is 21.5. The molecule has 0 aromatic heterocycles. The zero-order valence-electron chi connectivity index (χ0n) is 13.0. The number of rotatable bonds is 0. The van der Waals surface area contributed by atoms with Gasteiger partial charge in [0.2, 0.25) is 0 Å². The molecule has 0 aromatic carbocycles. The average Bonchev–Trinajstić information content (AvgIpc) is 2.08. The van der Waals surface area contributed by atoms with Gasteiger partial charge in [-0.2, -0.15) is 0 Å². The van der Waals surface area contributed by atoms with Gasteiger partial charge < -0.3 is 0 Å². The molecule has 0 spiro atoms. The topological polar surface area (TPSA) is 355 Å². The molecule has 0 heterocycles. The second-order valence-electron chi connectivity index (χ2n) is 1.39. The van der Waals surface area contributed by atoms with E-state index in [9.17, 15) is 0 Å². The van der Waals surface area contributed by atoms with Gasteiger partial charge in [0.15, 0.2) is 0 Å².